The smallest absolute Gasteiger partial charge is 0.0424 e. The minimum Gasteiger partial charge on any atom is -0.429 e. The van der Waals surface area contributed by atoms with Crippen molar-refractivity contribution in [2.45, 2.75) is 27.3 Å². The van der Waals surface area contributed by atoms with Gasteiger partial charge in [0.05, 0.1) is 0 Å². The van der Waals surface area contributed by atoms with Crippen LogP contribution in [0.1, 0.15) is 29.2 Å². The van der Waals surface area contributed by atoms with Gasteiger partial charge in [0.15, 0.2) is 0 Å². The molecule has 0 saturated heterocycles. The van der Waals surface area contributed by atoms with Gasteiger partial charge >= 0.3 is 0 Å². The number of hydrogen-bond acceptors (Lipinski definition) is 2. The molecule has 3 aromatic rings. The van der Waals surface area contributed by atoms with Crippen LogP contribution in [0.3, 0.4) is 0 Å². The summed E-state index contributed by atoms with van der Waals surface area (Å²) < 4.78 is 0. The van der Waals surface area contributed by atoms with E-state index >= 15 is 0 Å². The topological polar surface area (TPSA) is 24.4 Å². The second kappa shape index (κ2) is 10.3. The number of hydrogen-bond donors (Lipinski definition) is 1. The third kappa shape index (κ3) is 5.09. The van der Waals surface area contributed by atoms with E-state index in [4.69, 9.17) is 4.99 Å². The van der Waals surface area contributed by atoms with Gasteiger partial charge in [-0.25, -0.2) is 0 Å². The maximum atomic E-state index is 4.70. The van der Waals surface area contributed by atoms with Crippen LogP contribution >= 0.6 is 0 Å². The van der Waals surface area contributed by atoms with Crippen molar-refractivity contribution in [1.82, 2.24) is 0 Å². The van der Waals surface area contributed by atoms with Crippen LogP contribution < -0.4 is 5.32 Å². The molecule has 0 atom stereocenters. The van der Waals surface area contributed by atoms with Crippen molar-refractivity contribution in [2.24, 2.45) is 4.99 Å². The van der Waals surface area contributed by atoms with E-state index < -0.39 is 0 Å². The molecular weight excluding hydrogens is 604 g/mol. The van der Waals surface area contributed by atoms with Crippen molar-refractivity contribution in [3.8, 4) is 11.1 Å². The van der Waals surface area contributed by atoms with E-state index in [1.165, 1.54) is 16.7 Å². The Hall–Kier alpha value is -1.52. The molecule has 0 aromatic heterocycles. The molecule has 5 radical (unpaired) electrons. The summed E-state index contributed by atoms with van der Waals surface area (Å²) in [5.74, 6) is 0. The average Bonchev–Trinajstić information content (AvgIpc) is 2.72. The van der Waals surface area contributed by atoms with Crippen molar-refractivity contribution in [3.05, 3.63) is 82.9 Å². The summed E-state index contributed by atoms with van der Waals surface area (Å²) in [6.07, 6.45) is 0. The van der Waals surface area contributed by atoms with Crippen molar-refractivity contribution in [2.75, 3.05) is 5.32 Å². The Labute approximate surface area is 196 Å². The summed E-state index contributed by atoms with van der Waals surface area (Å²) in [5.41, 5.74) is 10.2. The number of rotatable bonds is 2. The fourth-order valence-electron chi connectivity index (χ4n) is 3.42. The molecule has 1 aliphatic heterocycles. The first-order chi connectivity index (χ1) is 12.1. The monoisotopic (exact) mass is 625 g/mol. The summed E-state index contributed by atoms with van der Waals surface area (Å²) in [6, 6.07) is 23.6. The van der Waals surface area contributed by atoms with E-state index in [-0.39, 0.29) is 48.3 Å². The molecule has 3 aromatic carbocycles. The second-order valence-electron chi connectivity index (χ2n) is 6.59. The molecular formula is C23H20BN2ReRh-2. The van der Waals surface area contributed by atoms with Gasteiger partial charge < -0.3 is 5.32 Å². The van der Waals surface area contributed by atoms with Crippen LogP contribution in [0, 0.1) is 26.0 Å². The number of nitrogens with one attached hydrogen (secondary N) is 1. The molecule has 1 heterocycles. The van der Waals surface area contributed by atoms with Crippen LogP contribution in [0.5, 0.6) is 0 Å². The zero-order chi connectivity index (χ0) is 17.4. The SMILES string of the molecule is CC1=NCc2[c-]cc(Nc3cc(C)[c-]c(C)c3)cc2-c2ccccc21.[B].[Re].[Rh]. The van der Waals surface area contributed by atoms with Gasteiger partial charge in [0.2, 0.25) is 0 Å². The maximum Gasteiger partial charge on any atom is 0.0424 e. The molecule has 0 saturated carbocycles. The van der Waals surface area contributed by atoms with Gasteiger partial charge in [-0.3, -0.25) is 4.99 Å². The predicted octanol–water partition coefficient (Wildman–Crippen LogP) is 5.25. The van der Waals surface area contributed by atoms with Crippen LogP contribution in [-0.4, -0.2) is 14.1 Å². The first-order valence-corrected chi connectivity index (χ1v) is 8.53. The van der Waals surface area contributed by atoms with Crippen LogP contribution in [0.4, 0.5) is 11.4 Å². The van der Waals surface area contributed by atoms with Gasteiger partial charge in [-0.05, 0) is 12.5 Å². The Bertz CT molecular complexity index is 981. The van der Waals surface area contributed by atoms with Gasteiger partial charge in [-0.15, -0.1) is 29.3 Å². The molecule has 143 valence electrons. The molecule has 0 spiro atoms. The van der Waals surface area contributed by atoms with Gasteiger partial charge in [-0.2, -0.15) is 29.3 Å². The summed E-state index contributed by atoms with van der Waals surface area (Å²) in [5, 5.41) is 3.51. The average molecular weight is 624 g/mol. The first-order valence-electron chi connectivity index (χ1n) is 8.53. The van der Waals surface area contributed by atoms with Gasteiger partial charge in [0.1, 0.15) is 0 Å². The standard InChI is InChI=1S/C23H20N2.B.Re.Rh/c1-15-10-16(2)12-20(11-15)25-19-9-8-18-14-24-17(3)21-6-4-5-7-22(21)23(18)13-19;;;/h4-7,9,11-13,25H,14H2,1-3H3;;;/q-2;;;. The molecule has 0 bridgehead atoms. The van der Waals surface area contributed by atoms with Crippen LogP contribution in [0.2, 0.25) is 0 Å². The molecule has 0 aliphatic carbocycles. The minimum atomic E-state index is 0. The minimum absolute atomic E-state index is 0. The fourth-order valence-corrected chi connectivity index (χ4v) is 3.42. The molecule has 28 heavy (non-hydrogen) atoms. The predicted molar refractivity (Wildman–Crippen MR) is 110 cm³/mol. The van der Waals surface area contributed by atoms with Gasteiger partial charge in [-0.1, -0.05) is 55.1 Å². The Morgan fingerprint density at radius 1 is 0.893 bits per heavy atom. The molecule has 0 unspecified atom stereocenters. The molecule has 1 N–H and O–H groups in total. The van der Waals surface area contributed by atoms with Crippen molar-refractivity contribution in [1.29, 1.82) is 0 Å². The van der Waals surface area contributed by atoms with Crippen LogP contribution in [0.25, 0.3) is 11.1 Å². The Balaban J connectivity index is 0.00000131. The number of aliphatic imine (C=N–C) groups is 1. The Morgan fingerprint density at radius 2 is 1.54 bits per heavy atom. The zero-order valence-corrected chi connectivity index (χ0v) is 20.4. The molecule has 4 rings (SSSR count). The van der Waals surface area contributed by atoms with E-state index in [2.05, 4.69) is 80.7 Å². The van der Waals surface area contributed by atoms with Gasteiger partial charge in [0, 0.05) is 60.6 Å². The molecule has 0 amide bonds. The Kier molecular flexibility index (Phi) is 9.03. The van der Waals surface area contributed by atoms with Crippen LogP contribution in [-0.2, 0) is 46.4 Å². The van der Waals surface area contributed by atoms with Crippen molar-refractivity contribution >= 4 is 25.5 Å². The van der Waals surface area contributed by atoms with E-state index in [1.54, 1.807) is 0 Å². The molecule has 0 fully saturated rings. The molecule has 1 aliphatic rings. The second-order valence-corrected chi connectivity index (χ2v) is 6.59. The van der Waals surface area contributed by atoms with Gasteiger partial charge in [0.25, 0.3) is 0 Å². The number of fused-ring (bicyclic) bond motifs is 3. The number of nitrogens with zero attached hydrogens (tertiary/aromatic N) is 1. The molecule has 5 heteroatoms. The van der Waals surface area contributed by atoms with E-state index in [0.717, 1.165) is 33.8 Å². The fraction of sp³-hybridized carbons (Fsp3) is 0.174. The molecule has 2 nitrogen and oxygen atoms in total. The van der Waals surface area contributed by atoms with E-state index in [1.807, 2.05) is 6.07 Å². The summed E-state index contributed by atoms with van der Waals surface area (Å²) in [7, 11) is 0. The number of aryl methyl sites for hydroxylation is 2. The largest absolute Gasteiger partial charge is 0.429 e. The number of anilines is 2. The summed E-state index contributed by atoms with van der Waals surface area (Å²) in [6.45, 7) is 6.89. The first kappa shape index (κ1) is 24.5. The third-order valence-corrected chi connectivity index (χ3v) is 4.54. The normalized spacial score (nSPS) is 11.3. The Morgan fingerprint density at radius 3 is 2.21 bits per heavy atom. The quantitative estimate of drug-likeness (QED) is 0.306. The maximum absolute atomic E-state index is 4.70. The van der Waals surface area contributed by atoms with Crippen molar-refractivity contribution in [3.63, 3.8) is 0 Å². The third-order valence-electron chi connectivity index (χ3n) is 4.54. The van der Waals surface area contributed by atoms with E-state index in [9.17, 15) is 0 Å². The van der Waals surface area contributed by atoms with Crippen LogP contribution in [0.15, 0.2) is 53.5 Å². The van der Waals surface area contributed by atoms with Crippen molar-refractivity contribution < 1.29 is 39.9 Å². The number of benzene rings is 3. The van der Waals surface area contributed by atoms with E-state index in [0.29, 0.717) is 6.54 Å². The summed E-state index contributed by atoms with van der Waals surface area (Å²) >= 11 is 0. The zero-order valence-electron chi connectivity index (χ0n) is 16.1. The summed E-state index contributed by atoms with van der Waals surface area (Å²) in [4.78, 5) is 4.70.